The maximum Gasteiger partial charge on any atom is 0.138 e. The summed E-state index contributed by atoms with van der Waals surface area (Å²) in [6, 6.07) is 20.7. The number of rotatable bonds is 5. The third-order valence-corrected chi connectivity index (χ3v) is 5.08. The van der Waals surface area contributed by atoms with Crippen molar-refractivity contribution < 1.29 is 4.74 Å². The van der Waals surface area contributed by atoms with E-state index in [1.807, 2.05) is 72.9 Å². The van der Waals surface area contributed by atoms with E-state index in [4.69, 9.17) is 27.9 Å². The second kappa shape index (κ2) is 7.82. The van der Waals surface area contributed by atoms with Crippen molar-refractivity contribution in [1.82, 2.24) is 25.0 Å². The third kappa shape index (κ3) is 3.87. The Balaban J connectivity index is 1.26. The summed E-state index contributed by atoms with van der Waals surface area (Å²) in [5, 5.41) is 9.64. The average Bonchev–Trinajstić information content (AvgIpc) is 3.40. The molecule has 0 fully saturated rings. The molecule has 5 rings (SSSR count). The number of H-pyrrole nitrogens is 1. The summed E-state index contributed by atoms with van der Waals surface area (Å²) in [7, 11) is 0. The van der Waals surface area contributed by atoms with Crippen LogP contribution in [0, 0.1) is 0 Å². The minimum atomic E-state index is 0.316. The van der Waals surface area contributed by atoms with Gasteiger partial charge in [0.15, 0.2) is 0 Å². The molecule has 0 saturated heterocycles. The molecule has 1 N–H and O–H groups in total. The number of ether oxygens (including phenoxy) is 1. The first-order valence-corrected chi connectivity index (χ1v) is 9.95. The summed E-state index contributed by atoms with van der Waals surface area (Å²) in [4.78, 5) is 7.89. The molecule has 6 nitrogen and oxygen atoms in total. The number of fused-ring (bicyclic) bond motifs is 1. The molecular weight excluding hydrogens is 421 g/mol. The first-order chi connectivity index (χ1) is 14.6. The normalized spacial score (nSPS) is 11.1. The molecule has 0 atom stereocenters. The molecule has 0 saturated carbocycles. The second-order valence-electron chi connectivity index (χ2n) is 6.69. The van der Waals surface area contributed by atoms with Gasteiger partial charge in [-0.2, -0.15) is 0 Å². The van der Waals surface area contributed by atoms with E-state index < -0.39 is 0 Å². The largest absolute Gasteiger partial charge is 0.487 e. The van der Waals surface area contributed by atoms with Crippen molar-refractivity contribution in [3.63, 3.8) is 0 Å². The summed E-state index contributed by atoms with van der Waals surface area (Å²) in [6.07, 6.45) is 1.83. The Labute approximate surface area is 182 Å². The van der Waals surface area contributed by atoms with E-state index in [-0.39, 0.29) is 0 Å². The fraction of sp³-hybridized carbons (Fsp3) is 0.0455. The van der Waals surface area contributed by atoms with Gasteiger partial charge in [-0.3, -0.25) is 0 Å². The van der Waals surface area contributed by atoms with Gasteiger partial charge in [0.1, 0.15) is 23.9 Å². The van der Waals surface area contributed by atoms with Crippen molar-refractivity contribution in [2.24, 2.45) is 0 Å². The van der Waals surface area contributed by atoms with E-state index in [9.17, 15) is 0 Å². The number of benzene rings is 3. The van der Waals surface area contributed by atoms with Gasteiger partial charge in [-0.15, -0.1) is 5.10 Å². The van der Waals surface area contributed by atoms with Crippen molar-refractivity contribution in [3.8, 4) is 22.8 Å². The third-order valence-electron chi connectivity index (χ3n) is 4.59. The molecule has 0 bridgehead atoms. The van der Waals surface area contributed by atoms with Crippen LogP contribution in [0.5, 0.6) is 5.75 Å². The number of nitrogens with one attached hydrogen (secondary N) is 1. The van der Waals surface area contributed by atoms with Crippen LogP contribution in [0.2, 0.25) is 10.0 Å². The average molecular weight is 436 g/mol. The first-order valence-electron chi connectivity index (χ1n) is 9.20. The molecule has 3 aromatic carbocycles. The number of nitrogens with zero attached hydrogens (tertiary/aromatic N) is 4. The first kappa shape index (κ1) is 18.7. The summed E-state index contributed by atoms with van der Waals surface area (Å²) in [6.45, 7) is 0.316. The van der Waals surface area contributed by atoms with Gasteiger partial charge in [0.05, 0.1) is 22.9 Å². The lowest BCUT2D eigenvalue weighted by atomic mass is 10.2. The lowest BCUT2D eigenvalue weighted by molar-refractivity contribution is 0.301. The van der Waals surface area contributed by atoms with Crippen LogP contribution in [0.15, 0.2) is 72.9 Å². The monoisotopic (exact) mass is 435 g/mol. The zero-order valence-electron chi connectivity index (χ0n) is 15.6. The molecule has 5 aromatic rings. The summed E-state index contributed by atoms with van der Waals surface area (Å²) in [5.41, 5.74) is 4.35. The van der Waals surface area contributed by atoms with Gasteiger partial charge in [-0.1, -0.05) is 28.4 Å². The summed E-state index contributed by atoms with van der Waals surface area (Å²) >= 11 is 12.0. The van der Waals surface area contributed by atoms with Crippen LogP contribution >= 0.6 is 23.2 Å². The Bertz CT molecular complexity index is 1310. The minimum absolute atomic E-state index is 0.316. The molecule has 0 radical (unpaired) electrons. The number of imidazole rings is 1. The molecule has 0 aliphatic heterocycles. The van der Waals surface area contributed by atoms with Crippen molar-refractivity contribution in [2.75, 3.05) is 0 Å². The van der Waals surface area contributed by atoms with Gasteiger partial charge in [0, 0.05) is 15.6 Å². The molecule has 30 heavy (non-hydrogen) atoms. The van der Waals surface area contributed by atoms with Gasteiger partial charge in [0.25, 0.3) is 0 Å². The second-order valence-corrected chi connectivity index (χ2v) is 7.56. The van der Waals surface area contributed by atoms with Gasteiger partial charge in [-0.25, -0.2) is 9.67 Å². The molecule has 0 aliphatic carbocycles. The Morgan fingerprint density at radius 1 is 0.900 bits per heavy atom. The van der Waals surface area contributed by atoms with Crippen LogP contribution in [0.1, 0.15) is 5.69 Å². The van der Waals surface area contributed by atoms with Crippen LogP contribution in [-0.2, 0) is 6.61 Å². The molecular formula is C22H15Cl2N5O. The molecule has 0 unspecified atom stereocenters. The summed E-state index contributed by atoms with van der Waals surface area (Å²) in [5.74, 6) is 1.52. The van der Waals surface area contributed by atoms with Crippen molar-refractivity contribution in [2.45, 2.75) is 6.61 Å². The molecule has 0 amide bonds. The predicted octanol–water partition coefficient (Wildman–Crippen LogP) is 5.70. The highest BCUT2D eigenvalue weighted by Gasteiger charge is 2.07. The molecule has 0 spiro atoms. The Morgan fingerprint density at radius 2 is 1.67 bits per heavy atom. The molecule has 148 valence electrons. The Morgan fingerprint density at radius 3 is 2.47 bits per heavy atom. The number of hydrogen-bond acceptors (Lipinski definition) is 4. The van der Waals surface area contributed by atoms with Crippen LogP contribution in [0.4, 0.5) is 0 Å². The lowest BCUT2D eigenvalue weighted by Crippen LogP contribution is -1.96. The SMILES string of the molecule is Clc1ccc(-n2cc(COc3ccc(-c4nc5ccc(Cl)cc5[nH]4)cc3)nn2)cc1. The predicted molar refractivity (Wildman–Crippen MR) is 117 cm³/mol. The highest BCUT2D eigenvalue weighted by atomic mass is 35.5. The van der Waals surface area contributed by atoms with E-state index in [2.05, 4.69) is 20.3 Å². The van der Waals surface area contributed by atoms with Crippen LogP contribution < -0.4 is 4.74 Å². The van der Waals surface area contributed by atoms with Gasteiger partial charge in [-0.05, 0) is 66.7 Å². The van der Waals surface area contributed by atoms with Crippen molar-refractivity contribution in [3.05, 3.63) is 88.7 Å². The maximum absolute atomic E-state index is 6.04. The highest BCUT2D eigenvalue weighted by Crippen LogP contribution is 2.25. The molecule has 8 heteroatoms. The number of halogens is 2. The quantitative estimate of drug-likeness (QED) is 0.384. The lowest BCUT2D eigenvalue weighted by Gasteiger charge is -2.04. The molecule has 0 aliphatic rings. The van der Waals surface area contributed by atoms with E-state index in [1.165, 1.54) is 0 Å². The Hall–Kier alpha value is -3.35. The van der Waals surface area contributed by atoms with E-state index in [0.717, 1.165) is 39.6 Å². The van der Waals surface area contributed by atoms with Gasteiger partial charge in [0.2, 0.25) is 0 Å². The van der Waals surface area contributed by atoms with E-state index in [1.54, 1.807) is 4.68 Å². The number of aromatic amines is 1. The van der Waals surface area contributed by atoms with Crippen LogP contribution in [0.25, 0.3) is 28.1 Å². The number of hydrogen-bond donors (Lipinski definition) is 1. The number of aromatic nitrogens is 5. The fourth-order valence-corrected chi connectivity index (χ4v) is 3.37. The van der Waals surface area contributed by atoms with E-state index >= 15 is 0 Å². The van der Waals surface area contributed by atoms with Crippen LogP contribution in [-0.4, -0.2) is 25.0 Å². The molecule has 2 heterocycles. The zero-order valence-corrected chi connectivity index (χ0v) is 17.1. The highest BCUT2D eigenvalue weighted by molar-refractivity contribution is 6.31. The topological polar surface area (TPSA) is 68.6 Å². The van der Waals surface area contributed by atoms with E-state index in [0.29, 0.717) is 16.7 Å². The van der Waals surface area contributed by atoms with Crippen molar-refractivity contribution >= 4 is 34.2 Å². The summed E-state index contributed by atoms with van der Waals surface area (Å²) < 4.78 is 7.53. The van der Waals surface area contributed by atoms with Gasteiger partial charge >= 0.3 is 0 Å². The van der Waals surface area contributed by atoms with Crippen LogP contribution in [0.3, 0.4) is 0 Å². The Kier molecular flexibility index (Phi) is 4.86. The standard InChI is InChI=1S/C22H15Cl2N5O/c23-15-3-6-18(7-4-15)29-12-17(27-28-29)13-30-19-8-1-14(2-9-19)22-25-20-10-5-16(24)11-21(20)26-22/h1-12H,13H2,(H,25,26). The van der Waals surface area contributed by atoms with Crippen molar-refractivity contribution in [1.29, 1.82) is 0 Å². The molecule has 2 aromatic heterocycles. The van der Waals surface area contributed by atoms with Gasteiger partial charge < -0.3 is 9.72 Å². The maximum atomic E-state index is 6.04. The zero-order chi connectivity index (χ0) is 20.5. The fourth-order valence-electron chi connectivity index (χ4n) is 3.07. The smallest absolute Gasteiger partial charge is 0.138 e. The minimum Gasteiger partial charge on any atom is -0.487 e.